The molecule has 4 atom stereocenters. The van der Waals surface area contributed by atoms with Gasteiger partial charge in [-0.05, 0) is 25.2 Å². The lowest BCUT2D eigenvalue weighted by molar-refractivity contribution is -0.146. The van der Waals surface area contributed by atoms with Crippen molar-refractivity contribution in [2.45, 2.75) is 19.9 Å². The van der Waals surface area contributed by atoms with E-state index >= 15 is 0 Å². The number of carbonyl (C=O) groups excluding carboxylic acids is 1. The number of rotatable bonds is 4. The van der Waals surface area contributed by atoms with Crippen molar-refractivity contribution in [3.05, 3.63) is 24.4 Å². The van der Waals surface area contributed by atoms with Crippen LogP contribution >= 0.6 is 0 Å². The Morgan fingerprint density at radius 2 is 2.10 bits per heavy atom. The molecule has 6 heteroatoms. The smallest absolute Gasteiger partial charge is 0.307 e. The zero-order valence-electron chi connectivity index (χ0n) is 11.2. The summed E-state index contributed by atoms with van der Waals surface area (Å²) >= 11 is 0. The molecule has 0 saturated heterocycles. The first-order valence-electron chi connectivity index (χ1n) is 6.85. The molecule has 2 aliphatic carbocycles. The maximum Gasteiger partial charge on any atom is 0.307 e. The van der Waals surface area contributed by atoms with Crippen molar-refractivity contribution in [3.8, 4) is 0 Å². The van der Waals surface area contributed by atoms with Gasteiger partial charge in [-0.1, -0.05) is 12.2 Å². The first-order valence-corrected chi connectivity index (χ1v) is 6.85. The number of carboxylic acids is 1. The van der Waals surface area contributed by atoms with Crippen LogP contribution in [-0.4, -0.2) is 26.8 Å². The molecule has 2 bridgehead atoms. The molecule has 2 N–H and O–H groups in total. The van der Waals surface area contributed by atoms with Gasteiger partial charge in [-0.2, -0.15) is 5.10 Å². The van der Waals surface area contributed by atoms with Crippen molar-refractivity contribution in [2.24, 2.45) is 23.7 Å². The number of nitrogens with zero attached hydrogens (tertiary/aromatic N) is 2. The predicted octanol–water partition coefficient (Wildman–Crippen LogP) is 1.36. The van der Waals surface area contributed by atoms with E-state index in [1.54, 1.807) is 16.9 Å². The van der Waals surface area contributed by atoms with E-state index in [4.69, 9.17) is 0 Å². The number of allylic oxidation sites excluding steroid dienone is 2. The topological polar surface area (TPSA) is 84.2 Å². The van der Waals surface area contributed by atoms with Crippen LogP contribution in [-0.2, 0) is 16.1 Å². The summed E-state index contributed by atoms with van der Waals surface area (Å²) in [7, 11) is 0. The minimum Gasteiger partial charge on any atom is -0.481 e. The number of hydrogen-bond acceptors (Lipinski definition) is 3. The Kier molecular flexibility index (Phi) is 3.08. The van der Waals surface area contributed by atoms with Crippen LogP contribution in [0.4, 0.5) is 5.82 Å². The van der Waals surface area contributed by atoms with Crippen molar-refractivity contribution in [3.63, 3.8) is 0 Å². The molecule has 0 aromatic carbocycles. The van der Waals surface area contributed by atoms with E-state index in [9.17, 15) is 14.7 Å². The highest BCUT2D eigenvalue weighted by Gasteiger charge is 2.51. The fourth-order valence-corrected chi connectivity index (χ4v) is 3.33. The molecular formula is C14H17N3O3. The van der Waals surface area contributed by atoms with E-state index in [2.05, 4.69) is 10.4 Å². The van der Waals surface area contributed by atoms with Gasteiger partial charge in [0.15, 0.2) is 5.82 Å². The average Bonchev–Trinajstić information content (AvgIpc) is 3.12. The van der Waals surface area contributed by atoms with Gasteiger partial charge in [-0.15, -0.1) is 0 Å². The molecule has 0 spiro atoms. The summed E-state index contributed by atoms with van der Waals surface area (Å²) in [6, 6.07) is 1.72. The Morgan fingerprint density at radius 3 is 2.70 bits per heavy atom. The maximum absolute atomic E-state index is 12.4. The van der Waals surface area contributed by atoms with Gasteiger partial charge in [-0.25, -0.2) is 0 Å². The molecule has 1 aromatic rings. The molecule has 1 heterocycles. The standard InChI is InChI=1S/C14H17N3O3/c1-2-17-6-5-10(16-17)15-13(18)11-8-3-4-9(7-8)12(11)14(19)20/h3-6,8-9,11-12H,2,7H2,1H3,(H,19,20)(H,15,16,18)/t8-,9-,11-,12-/m0/s1. The van der Waals surface area contributed by atoms with Gasteiger partial charge < -0.3 is 10.4 Å². The molecule has 1 aromatic heterocycles. The van der Waals surface area contributed by atoms with Crippen molar-refractivity contribution < 1.29 is 14.7 Å². The highest BCUT2D eigenvalue weighted by atomic mass is 16.4. The molecule has 0 aliphatic heterocycles. The second-order valence-electron chi connectivity index (χ2n) is 5.38. The predicted molar refractivity (Wildman–Crippen MR) is 71.9 cm³/mol. The summed E-state index contributed by atoms with van der Waals surface area (Å²) in [6.45, 7) is 2.68. The van der Waals surface area contributed by atoms with Gasteiger partial charge in [0, 0.05) is 18.8 Å². The number of aliphatic carboxylic acids is 1. The molecule has 1 amide bonds. The lowest BCUT2D eigenvalue weighted by atomic mass is 9.82. The van der Waals surface area contributed by atoms with Gasteiger partial charge >= 0.3 is 5.97 Å². The SMILES string of the molecule is CCn1ccc(NC(=O)[C@@H]2[C@@H](C(=O)O)[C@H]3C=C[C@H]2C3)n1. The van der Waals surface area contributed by atoms with Crippen LogP contribution < -0.4 is 5.32 Å². The number of aromatic nitrogens is 2. The summed E-state index contributed by atoms with van der Waals surface area (Å²) in [4.78, 5) is 23.7. The summed E-state index contributed by atoms with van der Waals surface area (Å²) < 4.78 is 1.71. The van der Waals surface area contributed by atoms with Crippen LogP contribution in [0.3, 0.4) is 0 Å². The molecule has 106 valence electrons. The summed E-state index contributed by atoms with van der Waals surface area (Å²) in [6.07, 6.45) is 6.45. The Hall–Kier alpha value is -2.11. The number of amides is 1. The highest BCUT2D eigenvalue weighted by Crippen LogP contribution is 2.48. The minimum absolute atomic E-state index is 0.0125. The van der Waals surface area contributed by atoms with Crippen molar-refractivity contribution in [1.29, 1.82) is 0 Å². The summed E-state index contributed by atoms with van der Waals surface area (Å²) in [5.41, 5.74) is 0. The van der Waals surface area contributed by atoms with Crippen molar-refractivity contribution >= 4 is 17.7 Å². The van der Waals surface area contributed by atoms with Crippen LogP contribution in [0.1, 0.15) is 13.3 Å². The van der Waals surface area contributed by atoms with E-state index in [1.807, 2.05) is 19.1 Å². The number of aryl methyl sites for hydroxylation is 1. The molecule has 0 radical (unpaired) electrons. The zero-order chi connectivity index (χ0) is 14.3. The van der Waals surface area contributed by atoms with Crippen molar-refractivity contribution in [1.82, 2.24) is 9.78 Å². The van der Waals surface area contributed by atoms with Crippen LogP contribution in [0.25, 0.3) is 0 Å². The van der Waals surface area contributed by atoms with Gasteiger partial charge in [-0.3, -0.25) is 14.3 Å². The number of nitrogens with one attached hydrogen (secondary N) is 1. The Labute approximate surface area is 116 Å². The normalized spacial score (nSPS) is 30.6. The van der Waals surface area contributed by atoms with Crippen LogP contribution in [0.15, 0.2) is 24.4 Å². The monoisotopic (exact) mass is 275 g/mol. The largest absolute Gasteiger partial charge is 0.481 e. The van der Waals surface area contributed by atoms with E-state index in [0.717, 1.165) is 13.0 Å². The first-order chi connectivity index (χ1) is 9.60. The molecule has 3 rings (SSSR count). The first kappa shape index (κ1) is 12.9. The minimum atomic E-state index is -0.888. The van der Waals surface area contributed by atoms with E-state index in [1.165, 1.54) is 0 Å². The van der Waals surface area contributed by atoms with Crippen LogP contribution in [0, 0.1) is 23.7 Å². The number of fused-ring (bicyclic) bond motifs is 2. The average molecular weight is 275 g/mol. The number of carboxylic acid groups (broad SMARTS) is 1. The van der Waals surface area contributed by atoms with Gasteiger partial charge in [0.05, 0.1) is 11.8 Å². The number of hydrogen-bond donors (Lipinski definition) is 2. The zero-order valence-corrected chi connectivity index (χ0v) is 11.2. The van der Waals surface area contributed by atoms with E-state index in [0.29, 0.717) is 5.82 Å². The fraction of sp³-hybridized carbons (Fsp3) is 0.500. The second-order valence-corrected chi connectivity index (χ2v) is 5.38. The van der Waals surface area contributed by atoms with Crippen LogP contribution in [0.5, 0.6) is 0 Å². The van der Waals surface area contributed by atoms with E-state index in [-0.39, 0.29) is 17.7 Å². The molecule has 1 saturated carbocycles. The molecule has 6 nitrogen and oxygen atoms in total. The summed E-state index contributed by atoms with van der Waals surface area (Å²) in [5.74, 6) is -1.73. The maximum atomic E-state index is 12.4. The molecule has 1 fully saturated rings. The number of carbonyl (C=O) groups is 2. The third-order valence-electron chi connectivity index (χ3n) is 4.26. The third-order valence-corrected chi connectivity index (χ3v) is 4.26. The molecular weight excluding hydrogens is 258 g/mol. The van der Waals surface area contributed by atoms with Crippen molar-refractivity contribution in [2.75, 3.05) is 5.32 Å². The molecule has 2 aliphatic rings. The third kappa shape index (κ3) is 2.01. The Bertz CT molecular complexity index is 578. The number of anilines is 1. The molecule has 20 heavy (non-hydrogen) atoms. The lowest BCUT2D eigenvalue weighted by Crippen LogP contribution is -2.36. The molecule has 0 unspecified atom stereocenters. The lowest BCUT2D eigenvalue weighted by Gasteiger charge is -2.23. The fourth-order valence-electron chi connectivity index (χ4n) is 3.33. The van der Waals surface area contributed by atoms with E-state index < -0.39 is 17.8 Å². The van der Waals surface area contributed by atoms with Gasteiger partial charge in [0.2, 0.25) is 5.91 Å². The Balaban J connectivity index is 1.76. The van der Waals surface area contributed by atoms with Gasteiger partial charge in [0.25, 0.3) is 0 Å². The summed E-state index contributed by atoms with van der Waals surface area (Å²) in [5, 5.41) is 16.3. The highest BCUT2D eigenvalue weighted by molar-refractivity contribution is 5.95. The quantitative estimate of drug-likeness (QED) is 0.813. The second kappa shape index (κ2) is 4.77. The Morgan fingerprint density at radius 1 is 1.40 bits per heavy atom. The van der Waals surface area contributed by atoms with Gasteiger partial charge in [0.1, 0.15) is 0 Å². The van der Waals surface area contributed by atoms with Crippen LogP contribution in [0.2, 0.25) is 0 Å².